The molecule has 0 fully saturated rings. The molecule has 4 heteroatoms. The Morgan fingerprint density at radius 3 is 2.68 bits per heavy atom. The molecule has 0 aliphatic rings. The van der Waals surface area contributed by atoms with E-state index in [9.17, 15) is 4.79 Å². The predicted octanol–water partition coefficient (Wildman–Crippen LogP) is 2.65. The van der Waals surface area contributed by atoms with Crippen LogP contribution in [0.1, 0.15) is 11.1 Å². The standard InChI is InChI=1S/C18H20N2O2/c1-20-18(21)10-8-15-7-9-17(16(19)13-15)22-12-11-14-5-3-2-4-6-14/h2-10,13H,11-12,19H2,1H3,(H,20,21)/b10-8-. The molecule has 0 bridgehead atoms. The summed E-state index contributed by atoms with van der Waals surface area (Å²) in [5, 5.41) is 2.52. The summed E-state index contributed by atoms with van der Waals surface area (Å²) in [7, 11) is 1.59. The summed E-state index contributed by atoms with van der Waals surface area (Å²) in [5.74, 6) is 0.509. The Labute approximate surface area is 130 Å². The molecule has 0 radical (unpaired) electrons. The van der Waals surface area contributed by atoms with Crippen LogP contribution in [0.5, 0.6) is 5.75 Å². The summed E-state index contributed by atoms with van der Waals surface area (Å²) in [4.78, 5) is 11.2. The first-order valence-electron chi connectivity index (χ1n) is 7.15. The molecule has 0 heterocycles. The van der Waals surface area contributed by atoms with E-state index in [1.165, 1.54) is 11.6 Å². The Balaban J connectivity index is 1.92. The van der Waals surface area contributed by atoms with Gasteiger partial charge in [0, 0.05) is 19.5 Å². The number of likely N-dealkylation sites (N-methyl/N-ethyl adjacent to an activating group) is 1. The first kappa shape index (κ1) is 15.6. The first-order chi connectivity index (χ1) is 10.7. The summed E-state index contributed by atoms with van der Waals surface area (Å²) in [6.45, 7) is 0.571. The lowest BCUT2D eigenvalue weighted by atomic mass is 10.1. The van der Waals surface area contributed by atoms with Crippen molar-refractivity contribution in [2.45, 2.75) is 6.42 Å². The maximum absolute atomic E-state index is 11.2. The molecule has 2 rings (SSSR count). The molecule has 22 heavy (non-hydrogen) atoms. The van der Waals surface area contributed by atoms with Gasteiger partial charge in [-0.1, -0.05) is 36.4 Å². The number of ether oxygens (including phenoxy) is 1. The zero-order valence-corrected chi connectivity index (χ0v) is 12.6. The zero-order chi connectivity index (χ0) is 15.8. The number of carbonyl (C=O) groups excluding carboxylic acids is 1. The lowest BCUT2D eigenvalue weighted by Crippen LogP contribution is -2.13. The van der Waals surface area contributed by atoms with Crippen molar-refractivity contribution in [2.75, 3.05) is 19.4 Å². The number of carbonyl (C=O) groups is 1. The molecule has 4 nitrogen and oxygen atoms in total. The molecule has 2 aromatic rings. The molecule has 0 aliphatic carbocycles. The van der Waals surface area contributed by atoms with Gasteiger partial charge in [0.1, 0.15) is 5.75 Å². The van der Waals surface area contributed by atoms with Crippen molar-refractivity contribution < 1.29 is 9.53 Å². The number of nitrogen functional groups attached to an aromatic ring is 1. The number of benzene rings is 2. The number of amides is 1. The van der Waals surface area contributed by atoms with Crippen LogP contribution in [-0.2, 0) is 11.2 Å². The second-order valence-corrected chi connectivity index (χ2v) is 4.83. The van der Waals surface area contributed by atoms with Crippen molar-refractivity contribution in [3.8, 4) is 5.75 Å². The van der Waals surface area contributed by atoms with Gasteiger partial charge in [-0.05, 0) is 29.3 Å². The summed E-state index contributed by atoms with van der Waals surface area (Å²) in [6, 6.07) is 15.6. The fourth-order valence-electron chi connectivity index (χ4n) is 1.98. The van der Waals surface area contributed by atoms with Crippen LogP contribution in [0, 0.1) is 0 Å². The molecule has 114 valence electrons. The van der Waals surface area contributed by atoms with E-state index in [0.29, 0.717) is 18.0 Å². The molecule has 0 spiro atoms. The summed E-state index contributed by atoms with van der Waals surface area (Å²) >= 11 is 0. The van der Waals surface area contributed by atoms with Gasteiger partial charge in [-0.15, -0.1) is 0 Å². The Hall–Kier alpha value is -2.75. The van der Waals surface area contributed by atoms with Crippen LogP contribution in [-0.4, -0.2) is 19.6 Å². The summed E-state index contributed by atoms with van der Waals surface area (Å²) in [6.07, 6.45) is 4.01. The molecule has 0 saturated carbocycles. The van der Waals surface area contributed by atoms with Crippen molar-refractivity contribution in [1.29, 1.82) is 0 Å². The minimum atomic E-state index is -0.151. The highest BCUT2D eigenvalue weighted by Crippen LogP contribution is 2.23. The highest BCUT2D eigenvalue weighted by molar-refractivity contribution is 5.91. The molecule has 1 amide bonds. The van der Waals surface area contributed by atoms with E-state index in [0.717, 1.165) is 12.0 Å². The monoisotopic (exact) mass is 296 g/mol. The van der Waals surface area contributed by atoms with E-state index in [1.54, 1.807) is 19.2 Å². The largest absolute Gasteiger partial charge is 0.491 e. The normalized spacial score (nSPS) is 10.6. The van der Waals surface area contributed by atoms with Crippen molar-refractivity contribution >= 4 is 17.7 Å². The summed E-state index contributed by atoms with van der Waals surface area (Å²) in [5.41, 5.74) is 8.63. The van der Waals surface area contributed by atoms with Gasteiger partial charge >= 0.3 is 0 Å². The van der Waals surface area contributed by atoms with Gasteiger partial charge in [-0.3, -0.25) is 4.79 Å². The van der Waals surface area contributed by atoms with E-state index in [1.807, 2.05) is 30.3 Å². The molecular formula is C18H20N2O2. The number of hydrogen-bond donors (Lipinski definition) is 2. The topological polar surface area (TPSA) is 64.3 Å². The lowest BCUT2D eigenvalue weighted by Gasteiger charge is -2.09. The Bertz CT molecular complexity index is 651. The van der Waals surface area contributed by atoms with E-state index in [-0.39, 0.29) is 5.91 Å². The van der Waals surface area contributed by atoms with Gasteiger partial charge in [0.25, 0.3) is 0 Å². The molecule has 0 aromatic heterocycles. The SMILES string of the molecule is CNC(=O)/C=C\c1ccc(OCCc2ccccc2)c(N)c1. The number of anilines is 1. The highest BCUT2D eigenvalue weighted by atomic mass is 16.5. The van der Waals surface area contributed by atoms with Crippen molar-refractivity contribution in [3.63, 3.8) is 0 Å². The molecule has 0 atom stereocenters. The van der Waals surface area contributed by atoms with Crippen LogP contribution >= 0.6 is 0 Å². The van der Waals surface area contributed by atoms with Crippen molar-refractivity contribution in [1.82, 2.24) is 5.32 Å². The van der Waals surface area contributed by atoms with Gasteiger partial charge in [0.05, 0.1) is 12.3 Å². The number of hydrogen-bond acceptors (Lipinski definition) is 3. The third-order valence-corrected chi connectivity index (χ3v) is 3.20. The minimum absolute atomic E-state index is 0.151. The third-order valence-electron chi connectivity index (χ3n) is 3.20. The second-order valence-electron chi connectivity index (χ2n) is 4.83. The van der Waals surface area contributed by atoms with Crippen molar-refractivity contribution in [3.05, 3.63) is 65.7 Å². The van der Waals surface area contributed by atoms with Gasteiger partial charge in [0.15, 0.2) is 0 Å². The van der Waals surface area contributed by atoms with Crippen LogP contribution in [0.25, 0.3) is 6.08 Å². The van der Waals surface area contributed by atoms with Crippen LogP contribution in [0.4, 0.5) is 5.69 Å². The van der Waals surface area contributed by atoms with E-state index >= 15 is 0 Å². The van der Waals surface area contributed by atoms with Crippen molar-refractivity contribution in [2.24, 2.45) is 0 Å². The smallest absolute Gasteiger partial charge is 0.243 e. The molecule has 2 aromatic carbocycles. The molecule has 3 N–H and O–H groups in total. The fraction of sp³-hybridized carbons (Fsp3) is 0.167. The van der Waals surface area contributed by atoms with Gasteiger partial charge in [-0.25, -0.2) is 0 Å². The van der Waals surface area contributed by atoms with Crippen LogP contribution in [0.3, 0.4) is 0 Å². The van der Waals surface area contributed by atoms with Crippen LogP contribution in [0.2, 0.25) is 0 Å². The van der Waals surface area contributed by atoms with Crippen LogP contribution < -0.4 is 15.8 Å². The quantitative estimate of drug-likeness (QED) is 0.636. The Kier molecular flexibility index (Phi) is 5.60. The Morgan fingerprint density at radius 2 is 2.00 bits per heavy atom. The maximum atomic E-state index is 11.2. The minimum Gasteiger partial charge on any atom is -0.491 e. The Morgan fingerprint density at radius 1 is 1.23 bits per heavy atom. The van der Waals surface area contributed by atoms with Gasteiger partial charge in [0.2, 0.25) is 5.91 Å². The number of rotatable bonds is 6. The third kappa shape index (κ3) is 4.66. The maximum Gasteiger partial charge on any atom is 0.243 e. The highest BCUT2D eigenvalue weighted by Gasteiger charge is 2.02. The van der Waals surface area contributed by atoms with E-state index in [2.05, 4.69) is 17.4 Å². The zero-order valence-electron chi connectivity index (χ0n) is 12.6. The summed E-state index contributed by atoms with van der Waals surface area (Å²) < 4.78 is 5.71. The molecular weight excluding hydrogens is 276 g/mol. The average Bonchev–Trinajstić information content (AvgIpc) is 2.55. The molecule has 0 saturated heterocycles. The van der Waals surface area contributed by atoms with Gasteiger partial charge < -0.3 is 15.8 Å². The fourth-order valence-corrected chi connectivity index (χ4v) is 1.98. The molecule has 0 aliphatic heterocycles. The van der Waals surface area contributed by atoms with E-state index in [4.69, 9.17) is 10.5 Å². The first-order valence-corrected chi connectivity index (χ1v) is 7.15. The van der Waals surface area contributed by atoms with Gasteiger partial charge in [-0.2, -0.15) is 0 Å². The average molecular weight is 296 g/mol. The van der Waals surface area contributed by atoms with E-state index < -0.39 is 0 Å². The second kappa shape index (κ2) is 7.88. The number of nitrogens with one attached hydrogen (secondary N) is 1. The number of nitrogens with two attached hydrogens (primary N) is 1. The molecule has 0 unspecified atom stereocenters. The lowest BCUT2D eigenvalue weighted by molar-refractivity contribution is -0.115. The van der Waals surface area contributed by atoms with Crippen LogP contribution in [0.15, 0.2) is 54.6 Å². The predicted molar refractivity (Wildman–Crippen MR) is 89.6 cm³/mol.